The molecule has 1 aliphatic heterocycles. The van der Waals surface area contributed by atoms with Crippen molar-refractivity contribution in [3.05, 3.63) is 74.9 Å². The SMILES string of the molecule is CSc1nccc(/C=C2/Sc3cc(S(=O)(=O)Cc4c(Cl)cccc4Cl)ccc3NC2=O)n1. The minimum atomic E-state index is -3.73. The van der Waals surface area contributed by atoms with Crippen LogP contribution in [0.5, 0.6) is 0 Å². The molecule has 1 amide bonds. The predicted molar refractivity (Wildman–Crippen MR) is 130 cm³/mol. The van der Waals surface area contributed by atoms with Crippen molar-refractivity contribution in [1.29, 1.82) is 0 Å². The molecular weight excluding hydrogens is 509 g/mol. The van der Waals surface area contributed by atoms with Crippen LogP contribution in [0.15, 0.2) is 68.5 Å². The summed E-state index contributed by atoms with van der Waals surface area (Å²) in [5, 5.41) is 3.97. The van der Waals surface area contributed by atoms with Crippen molar-refractivity contribution in [2.75, 3.05) is 11.6 Å². The van der Waals surface area contributed by atoms with Gasteiger partial charge in [-0.3, -0.25) is 4.79 Å². The van der Waals surface area contributed by atoms with E-state index in [0.29, 0.717) is 41.9 Å². The number of nitrogens with zero attached hydrogens (tertiary/aromatic N) is 2. The smallest absolute Gasteiger partial charge is 0.262 e. The summed E-state index contributed by atoms with van der Waals surface area (Å²) in [6.45, 7) is 0. The molecule has 2 heterocycles. The van der Waals surface area contributed by atoms with E-state index in [1.165, 1.54) is 29.6 Å². The molecule has 0 saturated heterocycles. The van der Waals surface area contributed by atoms with E-state index in [1.807, 2.05) is 6.26 Å². The Labute approximate surface area is 203 Å². The highest BCUT2D eigenvalue weighted by Gasteiger charge is 2.25. The number of amides is 1. The molecule has 0 atom stereocenters. The molecule has 0 fully saturated rings. The Morgan fingerprint density at radius 1 is 1.16 bits per heavy atom. The Hall–Kier alpha value is -2.04. The monoisotopic (exact) mass is 523 g/mol. The number of carbonyl (C=O) groups is 1. The highest BCUT2D eigenvalue weighted by atomic mass is 35.5. The highest BCUT2D eigenvalue weighted by molar-refractivity contribution is 8.04. The van der Waals surface area contributed by atoms with Crippen LogP contribution in [0.3, 0.4) is 0 Å². The zero-order valence-corrected chi connectivity index (χ0v) is 20.5. The van der Waals surface area contributed by atoms with E-state index in [4.69, 9.17) is 23.2 Å². The van der Waals surface area contributed by atoms with E-state index < -0.39 is 9.84 Å². The van der Waals surface area contributed by atoms with Crippen molar-refractivity contribution in [1.82, 2.24) is 9.97 Å². The maximum Gasteiger partial charge on any atom is 0.262 e. The molecule has 11 heteroatoms. The van der Waals surface area contributed by atoms with Gasteiger partial charge in [0.15, 0.2) is 15.0 Å². The van der Waals surface area contributed by atoms with Gasteiger partial charge >= 0.3 is 0 Å². The van der Waals surface area contributed by atoms with Gasteiger partial charge in [-0.2, -0.15) is 0 Å². The molecule has 6 nitrogen and oxygen atoms in total. The average molecular weight is 524 g/mol. The van der Waals surface area contributed by atoms with Gasteiger partial charge in [0, 0.05) is 26.7 Å². The van der Waals surface area contributed by atoms with Crippen molar-refractivity contribution in [2.45, 2.75) is 20.7 Å². The van der Waals surface area contributed by atoms with Crippen LogP contribution in [0.2, 0.25) is 10.0 Å². The summed E-state index contributed by atoms with van der Waals surface area (Å²) in [6, 6.07) is 11.1. The Bertz CT molecular complexity index is 1340. The number of anilines is 1. The van der Waals surface area contributed by atoms with Crippen LogP contribution in [0, 0.1) is 0 Å². The molecule has 1 aliphatic rings. The van der Waals surface area contributed by atoms with E-state index in [9.17, 15) is 13.2 Å². The van der Waals surface area contributed by atoms with E-state index in [1.54, 1.807) is 48.7 Å². The molecule has 164 valence electrons. The lowest BCUT2D eigenvalue weighted by atomic mass is 10.2. The zero-order valence-electron chi connectivity index (χ0n) is 16.5. The second-order valence-corrected chi connectivity index (χ2v) is 11.3. The van der Waals surface area contributed by atoms with E-state index in [0.717, 1.165) is 0 Å². The van der Waals surface area contributed by atoms with Gasteiger partial charge in [-0.05, 0) is 48.7 Å². The molecule has 0 radical (unpaired) electrons. The fourth-order valence-electron chi connectivity index (χ4n) is 2.94. The van der Waals surface area contributed by atoms with Crippen LogP contribution in [-0.4, -0.2) is 30.5 Å². The van der Waals surface area contributed by atoms with Crippen molar-refractivity contribution in [3.8, 4) is 0 Å². The maximum atomic E-state index is 13.1. The molecule has 0 unspecified atom stereocenters. The van der Waals surface area contributed by atoms with Crippen molar-refractivity contribution in [3.63, 3.8) is 0 Å². The molecule has 0 bridgehead atoms. The summed E-state index contributed by atoms with van der Waals surface area (Å²) >= 11 is 14.9. The van der Waals surface area contributed by atoms with Crippen LogP contribution in [-0.2, 0) is 20.4 Å². The van der Waals surface area contributed by atoms with Gasteiger partial charge in [0.2, 0.25) is 0 Å². The predicted octanol–water partition coefficient (Wildman–Crippen LogP) is 5.56. The van der Waals surface area contributed by atoms with Crippen LogP contribution in [0.25, 0.3) is 6.08 Å². The quantitative estimate of drug-likeness (QED) is 0.265. The molecule has 0 spiro atoms. The van der Waals surface area contributed by atoms with Crippen LogP contribution >= 0.6 is 46.7 Å². The second kappa shape index (κ2) is 9.44. The first-order valence-electron chi connectivity index (χ1n) is 9.14. The van der Waals surface area contributed by atoms with Crippen LogP contribution in [0.1, 0.15) is 11.3 Å². The fourth-order valence-corrected chi connectivity index (χ4v) is 6.47. The number of thioether (sulfide) groups is 2. The van der Waals surface area contributed by atoms with E-state index >= 15 is 0 Å². The summed E-state index contributed by atoms with van der Waals surface area (Å²) in [5.74, 6) is -0.618. The lowest BCUT2D eigenvalue weighted by Crippen LogP contribution is -2.18. The van der Waals surface area contributed by atoms with Gasteiger partial charge in [0.05, 0.1) is 26.9 Å². The van der Waals surface area contributed by atoms with Crippen molar-refractivity contribution < 1.29 is 13.2 Å². The Morgan fingerprint density at radius 3 is 2.62 bits per heavy atom. The third-order valence-electron chi connectivity index (χ3n) is 4.52. The third-order valence-corrected chi connectivity index (χ3v) is 8.51. The first-order chi connectivity index (χ1) is 15.3. The summed E-state index contributed by atoms with van der Waals surface area (Å²) in [6.07, 6.45) is 5.13. The number of nitrogens with one attached hydrogen (secondary N) is 1. The molecule has 4 rings (SSSR count). The van der Waals surface area contributed by atoms with Crippen LogP contribution < -0.4 is 5.32 Å². The number of aromatic nitrogens is 2. The van der Waals surface area contributed by atoms with Gasteiger partial charge in [-0.25, -0.2) is 18.4 Å². The first-order valence-corrected chi connectivity index (χ1v) is 13.6. The second-order valence-electron chi connectivity index (χ2n) is 6.65. The standard InChI is InChI=1S/C21H15Cl2N3O3S3/c1-30-21-24-8-7-12(25-21)9-19-20(27)26-17-6-5-13(10-18(17)31-19)32(28,29)11-14-15(22)3-2-4-16(14)23/h2-10H,11H2,1H3,(H,26,27)/b19-9+. The Morgan fingerprint density at radius 2 is 1.91 bits per heavy atom. The van der Waals surface area contributed by atoms with E-state index in [2.05, 4.69) is 15.3 Å². The number of carbonyl (C=O) groups excluding carboxylic acids is 1. The zero-order chi connectivity index (χ0) is 22.9. The topological polar surface area (TPSA) is 89.0 Å². The average Bonchev–Trinajstić information content (AvgIpc) is 2.77. The number of hydrogen-bond donors (Lipinski definition) is 1. The van der Waals surface area contributed by atoms with Gasteiger partial charge < -0.3 is 5.32 Å². The van der Waals surface area contributed by atoms with Gasteiger partial charge in [0.25, 0.3) is 5.91 Å². The highest BCUT2D eigenvalue weighted by Crippen LogP contribution is 2.40. The third kappa shape index (κ3) is 4.97. The molecule has 32 heavy (non-hydrogen) atoms. The molecule has 0 saturated carbocycles. The summed E-state index contributed by atoms with van der Waals surface area (Å²) in [7, 11) is -3.73. The molecule has 1 aromatic heterocycles. The number of sulfone groups is 1. The minimum absolute atomic E-state index is 0.113. The largest absolute Gasteiger partial charge is 0.320 e. The lowest BCUT2D eigenvalue weighted by Gasteiger charge is -2.19. The van der Waals surface area contributed by atoms with E-state index in [-0.39, 0.29) is 16.6 Å². The minimum Gasteiger partial charge on any atom is -0.320 e. The normalized spacial score (nSPS) is 14.8. The molecular formula is C21H15Cl2N3O3S3. The van der Waals surface area contributed by atoms with Crippen LogP contribution in [0.4, 0.5) is 5.69 Å². The maximum absolute atomic E-state index is 13.1. The van der Waals surface area contributed by atoms with Gasteiger partial charge in [-0.15, -0.1) is 0 Å². The van der Waals surface area contributed by atoms with Crippen molar-refractivity contribution in [2.24, 2.45) is 0 Å². The number of benzene rings is 2. The molecule has 2 aromatic carbocycles. The fraction of sp³-hybridized carbons (Fsp3) is 0.0952. The molecule has 0 aliphatic carbocycles. The van der Waals surface area contributed by atoms with Crippen molar-refractivity contribution >= 4 is 74.2 Å². The number of rotatable bonds is 5. The first kappa shape index (κ1) is 23.1. The Balaban J connectivity index is 1.65. The summed E-state index contributed by atoms with van der Waals surface area (Å²) in [4.78, 5) is 22.1. The van der Waals surface area contributed by atoms with Gasteiger partial charge in [-0.1, -0.05) is 52.8 Å². The summed E-state index contributed by atoms with van der Waals surface area (Å²) in [5.41, 5.74) is 1.48. The van der Waals surface area contributed by atoms with Gasteiger partial charge in [0.1, 0.15) is 0 Å². The molecule has 3 aromatic rings. The molecule has 1 N–H and O–H groups in total. The lowest BCUT2D eigenvalue weighted by molar-refractivity contribution is -0.112. The number of halogens is 2. The summed E-state index contributed by atoms with van der Waals surface area (Å²) < 4.78 is 26.1. The Kier molecular flexibility index (Phi) is 6.83. The number of hydrogen-bond acceptors (Lipinski definition) is 7. The number of fused-ring (bicyclic) bond motifs is 1.